The number of nitrogens with one attached hydrogen (secondary N) is 3. The number of amides is 5. The first-order chi connectivity index (χ1) is 12.3. The molecule has 1 fully saturated rings. The Labute approximate surface area is 147 Å². The number of morpholine rings is 1. The topological polar surface area (TPSA) is 143 Å². The lowest BCUT2D eigenvalue weighted by atomic mass is 10.2. The lowest BCUT2D eigenvalue weighted by Gasteiger charge is -2.27. The zero-order valence-electron chi connectivity index (χ0n) is 13.9. The fraction of sp³-hybridized carbons (Fsp3) is 0.333. The maximum Gasteiger partial charge on any atom is 0.315 e. The van der Waals surface area contributed by atoms with E-state index in [9.17, 15) is 23.6 Å². The molecule has 5 amide bonds. The van der Waals surface area contributed by atoms with Crippen LogP contribution in [0.15, 0.2) is 18.2 Å². The summed E-state index contributed by atoms with van der Waals surface area (Å²) in [4.78, 5) is 47.7. The van der Waals surface area contributed by atoms with E-state index in [4.69, 9.17) is 10.5 Å². The van der Waals surface area contributed by atoms with Crippen LogP contribution in [0.4, 0.5) is 20.6 Å². The van der Waals surface area contributed by atoms with Gasteiger partial charge < -0.3 is 31.3 Å². The smallest absolute Gasteiger partial charge is 0.315 e. The predicted molar refractivity (Wildman–Crippen MR) is 88.8 cm³/mol. The molecule has 0 bridgehead atoms. The molecule has 0 aliphatic carbocycles. The van der Waals surface area contributed by atoms with Crippen molar-refractivity contribution in [1.29, 1.82) is 0 Å². The van der Waals surface area contributed by atoms with Gasteiger partial charge in [0.2, 0.25) is 5.91 Å². The quantitative estimate of drug-likeness (QED) is 0.489. The Morgan fingerprint density at radius 1 is 1.35 bits per heavy atom. The second-order valence-corrected chi connectivity index (χ2v) is 5.31. The van der Waals surface area contributed by atoms with E-state index in [1.54, 1.807) is 0 Å². The van der Waals surface area contributed by atoms with Crippen LogP contribution in [0.1, 0.15) is 0 Å². The van der Waals surface area contributed by atoms with Crippen molar-refractivity contribution in [2.75, 3.05) is 37.0 Å². The normalized spacial score (nSPS) is 15.2. The number of carbonyl (C=O) groups is 4. The highest BCUT2D eigenvalue weighted by atomic mass is 19.1. The average molecular weight is 367 g/mol. The van der Waals surface area contributed by atoms with Crippen molar-refractivity contribution in [3.63, 3.8) is 0 Å². The van der Waals surface area contributed by atoms with Gasteiger partial charge in [-0.2, -0.15) is 0 Å². The highest BCUT2D eigenvalue weighted by Gasteiger charge is 2.27. The summed E-state index contributed by atoms with van der Waals surface area (Å²) in [6.07, 6.45) is 0. The fourth-order valence-electron chi connectivity index (χ4n) is 2.26. The molecule has 1 aromatic rings. The van der Waals surface area contributed by atoms with Crippen molar-refractivity contribution in [2.45, 2.75) is 6.04 Å². The molecule has 1 aliphatic rings. The van der Waals surface area contributed by atoms with Gasteiger partial charge in [0.15, 0.2) is 6.04 Å². The van der Waals surface area contributed by atoms with E-state index in [0.717, 1.165) is 6.07 Å². The number of halogens is 1. The molecule has 1 heterocycles. The minimum atomic E-state index is -1.64. The summed E-state index contributed by atoms with van der Waals surface area (Å²) in [7, 11) is 1.30. The molecular weight excluding hydrogens is 349 g/mol. The second kappa shape index (κ2) is 8.25. The number of nitrogens with two attached hydrogens (primary N) is 1. The third-order valence-electron chi connectivity index (χ3n) is 3.54. The van der Waals surface area contributed by atoms with Crippen LogP contribution in [0.2, 0.25) is 0 Å². The number of urea groups is 1. The van der Waals surface area contributed by atoms with Gasteiger partial charge >= 0.3 is 6.03 Å². The van der Waals surface area contributed by atoms with Gasteiger partial charge in [-0.25, -0.2) is 9.18 Å². The average Bonchev–Trinajstić information content (AvgIpc) is 2.60. The molecule has 11 heteroatoms. The molecule has 1 aliphatic heterocycles. The van der Waals surface area contributed by atoms with E-state index < -0.39 is 29.7 Å². The molecule has 1 aromatic carbocycles. The molecular formula is C15H18FN5O5. The summed E-state index contributed by atoms with van der Waals surface area (Å²) in [5.74, 6) is -3.14. The van der Waals surface area contributed by atoms with Gasteiger partial charge in [-0.3, -0.25) is 14.4 Å². The number of rotatable bonds is 5. The Morgan fingerprint density at radius 3 is 2.65 bits per heavy atom. The Hall–Kier alpha value is -3.21. The van der Waals surface area contributed by atoms with Crippen molar-refractivity contribution in [1.82, 2.24) is 10.6 Å². The highest BCUT2D eigenvalue weighted by Crippen LogP contribution is 2.24. The van der Waals surface area contributed by atoms with Crippen LogP contribution in [-0.2, 0) is 19.1 Å². The van der Waals surface area contributed by atoms with E-state index in [2.05, 4.69) is 16.0 Å². The molecule has 0 spiro atoms. The summed E-state index contributed by atoms with van der Waals surface area (Å²) >= 11 is 0. The number of carbonyl (C=O) groups excluding carboxylic acids is 4. The van der Waals surface area contributed by atoms with Crippen LogP contribution in [0, 0.1) is 5.82 Å². The van der Waals surface area contributed by atoms with Gasteiger partial charge in [0.25, 0.3) is 11.8 Å². The largest absolute Gasteiger partial charge is 0.370 e. The monoisotopic (exact) mass is 367 g/mol. The summed E-state index contributed by atoms with van der Waals surface area (Å²) in [6, 6.07) is 1.25. The van der Waals surface area contributed by atoms with Gasteiger partial charge in [0.05, 0.1) is 12.3 Å². The molecule has 0 radical (unpaired) electrons. The minimum absolute atomic E-state index is 0.0296. The molecule has 0 saturated carbocycles. The van der Waals surface area contributed by atoms with Crippen molar-refractivity contribution in [3.05, 3.63) is 24.0 Å². The minimum Gasteiger partial charge on any atom is -0.370 e. The molecule has 26 heavy (non-hydrogen) atoms. The van der Waals surface area contributed by atoms with Gasteiger partial charge in [0, 0.05) is 19.3 Å². The molecule has 1 atom stereocenters. The van der Waals surface area contributed by atoms with E-state index in [1.165, 1.54) is 24.1 Å². The van der Waals surface area contributed by atoms with E-state index in [1.807, 2.05) is 0 Å². The molecule has 140 valence electrons. The summed E-state index contributed by atoms with van der Waals surface area (Å²) < 4.78 is 19.3. The van der Waals surface area contributed by atoms with Crippen molar-refractivity contribution in [2.24, 2.45) is 5.73 Å². The summed E-state index contributed by atoms with van der Waals surface area (Å²) in [5.41, 5.74) is 5.17. The van der Waals surface area contributed by atoms with Crippen LogP contribution < -0.4 is 26.6 Å². The molecule has 1 saturated heterocycles. The lowest BCUT2D eigenvalue weighted by Crippen LogP contribution is -2.53. The zero-order valence-corrected chi connectivity index (χ0v) is 13.9. The van der Waals surface area contributed by atoms with Crippen LogP contribution >= 0.6 is 0 Å². The van der Waals surface area contributed by atoms with E-state index in [-0.39, 0.29) is 37.0 Å². The lowest BCUT2D eigenvalue weighted by molar-refractivity contribution is -0.128. The molecule has 5 N–H and O–H groups in total. The van der Waals surface area contributed by atoms with Crippen molar-refractivity contribution >= 4 is 35.1 Å². The first-order valence-corrected chi connectivity index (χ1v) is 7.59. The zero-order chi connectivity index (χ0) is 19.3. The molecule has 0 aromatic heterocycles. The first-order valence-electron chi connectivity index (χ1n) is 7.59. The Bertz CT molecular complexity index is 741. The standard InChI is InChI=1S/C15H18FN5O5/c1-18-15(25)20-12(13(17)23)14(24)19-8-2-3-10(9(16)6-8)21-4-5-26-7-11(21)22/h2-3,6,12H,4-5,7H2,1H3,(H2,17,23)(H,19,24)(H2,18,20,25)/t12-/m1/s1. The maximum absolute atomic E-state index is 14.3. The van der Waals surface area contributed by atoms with Gasteiger partial charge in [-0.05, 0) is 18.2 Å². The number of primary amides is 1. The van der Waals surface area contributed by atoms with Crippen molar-refractivity contribution < 1.29 is 28.3 Å². The maximum atomic E-state index is 14.3. The number of ether oxygens (including phenoxy) is 1. The van der Waals surface area contributed by atoms with E-state index >= 15 is 0 Å². The summed E-state index contributed by atoms with van der Waals surface area (Å²) in [6.45, 7) is 0.361. The molecule has 0 unspecified atom stereocenters. The Kier molecular flexibility index (Phi) is 6.07. The Balaban J connectivity index is 2.13. The van der Waals surface area contributed by atoms with Crippen molar-refractivity contribution in [3.8, 4) is 0 Å². The fourth-order valence-corrected chi connectivity index (χ4v) is 2.26. The number of benzene rings is 1. The third-order valence-corrected chi connectivity index (χ3v) is 3.54. The summed E-state index contributed by atoms with van der Waals surface area (Å²) in [5, 5.41) is 6.54. The number of nitrogens with zero attached hydrogens (tertiary/aromatic N) is 1. The van der Waals surface area contributed by atoms with Crippen LogP contribution in [-0.4, -0.2) is 56.6 Å². The van der Waals surface area contributed by atoms with Crippen LogP contribution in [0.3, 0.4) is 0 Å². The van der Waals surface area contributed by atoms with Gasteiger partial charge in [-0.1, -0.05) is 0 Å². The van der Waals surface area contributed by atoms with E-state index in [0.29, 0.717) is 0 Å². The first kappa shape index (κ1) is 19.1. The Morgan fingerprint density at radius 2 is 2.08 bits per heavy atom. The van der Waals surface area contributed by atoms with Gasteiger partial charge in [0.1, 0.15) is 12.4 Å². The second-order valence-electron chi connectivity index (χ2n) is 5.31. The number of anilines is 2. The molecule has 2 rings (SSSR count). The van der Waals surface area contributed by atoms with Gasteiger partial charge in [-0.15, -0.1) is 0 Å². The molecule has 10 nitrogen and oxygen atoms in total. The SMILES string of the molecule is CNC(=O)N[C@H](C(N)=O)C(=O)Nc1ccc(N2CCOCC2=O)c(F)c1. The predicted octanol–water partition coefficient (Wildman–Crippen LogP) is -1.09. The van der Waals surface area contributed by atoms with Crippen LogP contribution in [0.5, 0.6) is 0 Å². The number of hydrogen-bond acceptors (Lipinski definition) is 5. The highest BCUT2D eigenvalue weighted by molar-refractivity contribution is 6.11. The third kappa shape index (κ3) is 4.45. The van der Waals surface area contributed by atoms with Crippen LogP contribution in [0.25, 0.3) is 0 Å². The number of hydrogen-bond donors (Lipinski definition) is 4.